The molecule has 1 heterocycles. The summed E-state index contributed by atoms with van der Waals surface area (Å²) in [6.45, 7) is 6.65. The Balaban J connectivity index is 1.26. The number of aryl methyl sites for hydroxylation is 1. The number of carbonyl (C=O) groups is 1. The number of unbranched alkanes of at least 4 members (excludes halogenated alkanes) is 2. The molecule has 0 radical (unpaired) electrons. The van der Waals surface area contributed by atoms with Crippen LogP contribution in [0.1, 0.15) is 113 Å². The number of ether oxygens (including phenoxy) is 1. The Labute approximate surface area is 235 Å². The first-order chi connectivity index (χ1) is 18.9. The molecule has 1 N–H and O–H groups in total. The summed E-state index contributed by atoms with van der Waals surface area (Å²) in [7, 11) is 0. The molecular weight excluding hydrogens is 478 g/mol. The van der Waals surface area contributed by atoms with Crippen LogP contribution in [-0.4, -0.2) is 5.91 Å². The van der Waals surface area contributed by atoms with Crippen LogP contribution in [0, 0.1) is 5.92 Å². The van der Waals surface area contributed by atoms with Crippen molar-refractivity contribution in [2.24, 2.45) is 5.92 Å². The second-order valence-electron chi connectivity index (χ2n) is 12.7. The molecule has 1 fully saturated rings. The number of anilines is 1. The molecule has 39 heavy (non-hydrogen) atoms. The number of fused-ring (bicyclic) bond motifs is 2. The van der Waals surface area contributed by atoms with Gasteiger partial charge in [-0.2, -0.15) is 0 Å². The van der Waals surface area contributed by atoms with Crippen molar-refractivity contribution < 1.29 is 9.53 Å². The zero-order chi connectivity index (χ0) is 27.2. The lowest BCUT2D eigenvalue weighted by Gasteiger charge is -2.28. The van der Waals surface area contributed by atoms with Gasteiger partial charge in [0.05, 0.1) is 0 Å². The maximum atomic E-state index is 13.6. The highest BCUT2D eigenvalue weighted by Crippen LogP contribution is 2.45. The first-order valence-electron chi connectivity index (χ1n) is 15.2. The summed E-state index contributed by atoms with van der Waals surface area (Å²) in [4.78, 5) is 13.6. The average molecular weight is 524 g/mol. The van der Waals surface area contributed by atoms with Crippen LogP contribution in [0.4, 0.5) is 5.69 Å². The summed E-state index contributed by atoms with van der Waals surface area (Å²) in [5.41, 5.74) is 5.55. The molecule has 5 rings (SSSR count). The minimum Gasteiger partial charge on any atom is -0.457 e. The van der Waals surface area contributed by atoms with E-state index in [1.54, 1.807) is 0 Å². The Hall–Kier alpha value is -3.07. The monoisotopic (exact) mass is 523 g/mol. The molecule has 1 aliphatic heterocycles. The Morgan fingerprint density at radius 1 is 0.846 bits per heavy atom. The van der Waals surface area contributed by atoms with Crippen LogP contribution in [0.15, 0.2) is 66.7 Å². The molecule has 3 aromatic carbocycles. The van der Waals surface area contributed by atoms with Crippen molar-refractivity contribution in [2.45, 2.75) is 103 Å². The van der Waals surface area contributed by atoms with Crippen molar-refractivity contribution in [1.29, 1.82) is 0 Å². The number of hydrogen-bond acceptors (Lipinski definition) is 2. The van der Waals surface area contributed by atoms with Crippen LogP contribution in [0.5, 0.6) is 11.5 Å². The van der Waals surface area contributed by atoms with Crippen LogP contribution in [0.2, 0.25) is 0 Å². The summed E-state index contributed by atoms with van der Waals surface area (Å²) in [5.74, 6) is 2.67. The van der Waals surface area contributed by atoms with Gasteiger partial charge in [0.25, 0.3) is 0 Å². The van der Waals surface area contributed by atoms with Gasteiger partial charge in [-0.05, 0) is 53.5 Å². The number of para-hydroxylation sites is 2. The predicted molar refractivity (Wildman–Crippen MR) is 162 cm³/mol. The van der Waals surface area contributed by atoms with Gasteiger partial charge in [-0.1, -0.05) is 121 Å². The highest BCUT2D eigenvalue weighted by molar-refractivity contribution is 5.93. The topological polar surface area (TPSA) is 38.3 Å². The average Bonchev–Trinajstić information content (AvgIpc) is 2.93. The van der Waals surface area contributed by atoms with Gasteiger partial charge in [-0.3, -0.25) is 4.79 Å². The minimum absolute atomic E-state index is 0.0309. The molecule has 3 nitrogen and oxygen atoms in total. The summed E-state index contributed by atoms with van der Waals surface area (Å²) in [6.07, 6.45) is 13.9. The van der Waals surface area contributed by atoms with Crippen molar-refractivity contribution >= 4 is 11.6 Å². The molecule has 2 aliphatic rings. The second kappa shape index (κ2) is 12.4. The number of rotatable bonds is 9. The molecule has 1 aliphatic carbocycles. The van der Waals surface area contributed by atoms with Crippen LogP contribution >= 0.6 is 0 Å². The predicted octanol–water partition coefficient (Wildman–Crippen LogP) is 9.93. The number of carbonyl (C=O) groups excluding carboxylic acids is 1. The van der Waals surface area contributed by atoms with E-state index in [-0.39, 0.29) is 17.2 Å². The maximum absolute atomic E-state index is 13.6. The van der Waals surface area contributed by atoms with Crippen molar-refractivity contribution in [1.82, 2.24) is 0 Å². The van der Waals surface area contributed by atoms with Gasteiger partial charge in [0.15, 0.2) is 0 Å². The number of nitrogens with one attached hydrogen (secondary N) is 1. The Morgan fingerprint density at radius 3 is 2.18 bits per heavy atom. The summed E-state index contributed by atoms with van der Waals surface area (Å²) >= 11 is 0. The van der Waals surface area contributed by atoms with Gasteiger partial charge >= 0.3 is 0 Å². The van der Waals surface area contributed by atoms with Crippen molar-refractivity contribution in [3.8, 4) is 11.5 Å². The zero-order valence-electron chi connectivity index (χ0n) is 24.1. The molecule has 0 bridgehead atoms. The third kappa shape index (κ3) is 6.93. The number of hydrogen-bond donors (Lipinski definition) is 1. The van der Waals surface area contributed by atoms with Gasteiger partial charge < -0.3 is 10.1 Å². The summed E-state index contributed by atoms with van der Waals surface area (Å²) in [6, 6.07) is 22.9. The lowest BCUT2D eigenvalue weighted by molar-refractivity contribution is -0.116. The SMILES string of the molecule is CC(C)(C)c1ccc(CCCCCC2CCCCC2)cc1NC(=O)CC1c2ccccc2Oc2ccccc21. The molecular formula is C36H45NO2. The van der Waals surface area contributed by atoms with Gasteiger partial charge in [0, 0.05) is 29.2 Å². The van der Waals surface area contributed by atoms with Crippen molar-refractivity contribution in [2.75, 3.05) is 5.32 Å². The lowest BCUT2D eigenvalue weighted by Crippen LogP contribution is -2.22. The van der Waals surface area contributed by atoms with Gasteiger partial charge in [0.1, 0.15) is 11.5 Å². The fourth-order valence-electron chi connectivity index (χ4n) is 6.53. The second-order valence-corrected chi connectivity index (χ2v) is 12.7. The fraction of sp³-hybridized carbons (Fsp3) is 0.472. The number of benzene rings is 3. The summed E-state index contributed by atoms with van der Waals surface area (Å²) in [5, 5.41) is 3.33. The molecule has 0 atom stereocenters. The van der Waals surface area contributed by atoms with Crippen LogP contribution in [-0.2, 0) is 16.6 Å². The van der Waals surface area contributed by atoms with E-state index in [1.807, 2.05) is 36.4 Å². The largest absolute Gasteiger partial charge is 0.457 e. The van der Waals surface area contributed by atoms with E-state index < -0.39 is 0 Å². The van der Waals surface area contributed by atoms with Crippen LogP contribution in [0.3, 0.4) is 0 Å². The fourth-order valence-corrected chi connectivity index (χ4v) is 6.53. The minimum atomic E-state index is -0.0565. The third-order valence-corrected chi connectivity index (χ3v) is 8.67. The smallest absolute Gasteiger partial charge is 0.225 e. The first-order valence-corrected chi connectivity index (χ1v) is 15.2. The van der Waals surface area contributed by atoms with E-state index in [2.05, 4.69) is 56.4 Å². The van der Waals surface area contributed by atoms with Crippen molar-refractivity contribution in [3.63, 3.8) is 0 Å². The highest BCUT2D eigenvalue weighted by atomic mass is 16.5. The van der Waals surface area contributed by atoms with Crippen LogP contribution < -0.4 is 10.1 Å². The van der Waals surface area contributed by atoms with E-state index in [1.165, 1.54) is 68.9 Å². The molecule has 1 amide bonds. The zero-order valence-corrected chi connectivity index (χ0v) is 24.1. The quantitative estimate of drug-likeness (QED) is 0.283. The van der Waals surface area contributed by atoms with Crippen molar-refractivity contribution in [3.05, 3.63) is 89.0 Å². The van der Waals surface area contributed by atoms with E-state index in [0.717, 1.165) is 40.7 Å². The standard InChI is InChI=1S/C36H45NO2/c1-36(2,3)31-23-22-27(17-9-5-8-16-26-14-6-4-7-15-26)24-32(31)37-35(38)25-30-28-18-10-12-20-33(28)39-34-21-13-11-19-29(30)34/h10-13,18-24,26,30H,4-9,14-17,25H2,1-3H3,(H,37,38). The van der Waals surface area contributed by atoms with E-state index in [4.69, 9.17) is 4.74 Å². The van der Waals surface area contributed by atoms with E-state index >= 15 is 0 Å². The molecule has 0 unspecified atom stereocenters. The Morgan fingerprint density at radius 2 is 1.51 bits per heavy atom. The molecule has 0 saturated heterocycles. The van der Waals surface area contributed by atoms with Gasteiger partial charge in [0.2, 0.25) is 5.91 Å². The molecule has 0 spiro atoms. The Kier molecular flexibility index (Phi) is 8.75. The van der Waals surface area contributed by atoms with E-state index in [9.17, 15) is 4.79 Å². The third-order valence-electron chi connectivity index (χ3n) is 8.67. The Bertz CT molecular complexity index is 1220. The number of amides is 1. The molecule has 3 aromatic rings. The maximum Gasteiger partial charge on any atom is 0.225 e. The highest BCUT2D eigenvalue weighted by Gasteiger charge is 2.29. The van der Waals surface area contributed by atoms with Gasteiger partial charge in [-0.25, -0.2) is 0 Å². The van der Waals surface area contributed by atoms with E-state index in [0.29, 0.717) is 6.42 Å². The lowest BCUT2D eigenvalue weighted by atomic mass is 9.84. The molecule has 0 aromatic heterocycles. The van der Waals surface area contributed by atoms with Crippen LogP contribution in [0.25, 0.3) is 0 Å². The first kappa shape index (κ1) is 27.5. The molecule has 1 saturated carbocycles. The molecule has 3 heteroatoms. The van der Waals surface area contributed by atoms with Gasteiger partial charge in [-0.15, -0.1) is 0 Å². The summed E-state index contributed by atoms with van der Waals surface area (Å²) < 4.78 is 6.14. The normalized spacial score (nSPS) is 15.8. The molecule has 206 valence electrons.